The van der Waals surface area contributed by atoms with E-state index in [1.807, 2.05) is 0 Å². The van der Waals surface area contributed by atoms with Crippen LogP contribution in [0, 0.1) is 11.6 Å². The number of rotatable bonds is 9. The molecule has 1 fully saturated rings. The zero-order valence-corrected chi connectivity index (χ0v) is 19.5. The zero-order valence-electron chi connectivity index (χ0n) is 19.5. The summed E-state index contributed by atoms with van der Waals surface area (Å²) in [5.41, 5.74) is 6.17. The Morgan fingerprint density at radius 2 is 1.97 bits per heavy atom. The number of carboxylic acid groups (broad SMARTS) is 1. The van der Waals surface area contributed by atoms with Crippen LogP contribution in [0.25, 0.3) is 17.4 Å². The van der Waals surface area contributed by atoms with E-state index in [0.717, 1.165) is 0 Å². The fourth-order valence-corrected chi connectivity index (χ4v) is 3.94. The minimum absolute atomic E-state index is 0.124. The highest BCUT2D eigenvalue weighted by molar-refractivity contribution is 5.68. The summed E-state index contributed by atoms with van der Waals surface area (Å²) in [6.45, 7) is 2.70. The van der Waals surface area contributed by atoms with E-state index in [4.69, 9.17) is 20.0 Å². The summed E-state index contributed by atoms with van der Waals surface area (Å²) in [6.07, 6.45) is 1.52. The maximum absolute atomic E-state index is 14.4. The maximum Gasteiger partial charge on any atom is 0.341 e. The molecule has 13 nitrogen and oxygen atoms in total. The molecule has 0 amide bonds. The number of hydrogen-bond acceptors (Lipinski definition) is 11. The molecule has 0 atom stereocenters. The molecule has 1 aliphatic rings. The van der Waals surface area contributed by atoms with Gasteiger partial charge in [0.2, 0.25) is 17.7 Å². The minimum atomic E-state index is -1.25. The number of halogens is 2. The van der Waals surface area contributed by atoms with Crippen molar-refractivity contribution in [1.82, 2.24) is 29.5 Å². The normalized spacial score (nSPS) is 14.3. The predicted octanol–water partition coefficient (Wildman–Crippen LogP) is 1.34. The van der Waals surface area contributed by atoms with E-state index in [2.05, 4.69) is 30.3 Å². The smallest absolute Gasteiger partial charge is 0.341 e. The first-order valence-electron chi connectivity index (χ1n) is 11.4. The van der Waals surface area contributed by atoms with Gasteiger partial charge in [0.1, 0.15) is 5.82 Å². The van der Waals surface area contributed by atoms with Gasteiger partial charge in [-0.3, -0.25) is 4.90 Å². The number of anilines is 3. The van der Waals surface area contributed by atoms with Crippen molar-refractivity contribution < 1.29 is 27.8 Å². The van der Waals surface area contributed by atoms with Crippen molar-refractivity contribution in [3.63, 3.8) is 0 Å². The Hall–Kier alpha value is -4.53. The van der Waals surface area contributed by atoms with Crippen molar-refractivity contribution in [1.29, 1.82) is 0 Å². The third-order valence-electron chi connectivity index (χ3n) is 5.75. The van der Waals surface area contributed by atoms with Crippen LogP contribution in [0.2, 0.25) is 0 Å². The molecule has 4 aromatic rings. The molecule has 1 aliphatic heterocycles. The summed E-state index contributed by atoms with van der Waals surface area (Å²) < 4.78 is 39.9. The van der Waals surface area contributed by atoms with Gasteiger partial charge in [-0.2, -0.15) is 19.5 Å². The third-order valence-corrected chi connectivity index (χ3v) is 5.75. The Kier molecular flexibility index (Phi) is 6.68. The maximum atomic E-state index is 14.4. The van der Waals surface area contributed by atoms with Gasteiger partial charge in [0.05, 0.1) is 12.0 Å². The number of nitrogens with zero attached hydrogens (tertiary/aromatic N) is 7. The number of fused-ring (bicyclic) bond motifs is 1. The van der Waals surface area contributed by atoms with Crippen LogP contribution in [-0.2, 0) is 4.79 Å². The summed E-state index contributed by atoms with van der Waals surface area (Å²) in [6, 6.07) is 5.36. The van der Waals surface area contributed by atoms with Gasteiger partial charge in [0.15, 0.2) is 23.9 Å². The Bertz CT molecular complexity index is 1410. The summed E-state index contributed by atoms with van der Waals surface area (Å²) in [5, 5.41) is 16.1. The number of aromatic nitrogens is 5. The van der Waals surface area contributed by atoms with Crippen molar-refractivity contribution in [2.24, 2.45) is 0 Å². The number of aliphatic carboxylic acids is 1. The van der Waals surface area contributed by atoms with Gasteiger partial charge >= 0.3 is 5.97 Å². The molecule has 0 radical (unpaired) electrons. The molecule has 5 rings (SSSR count). The average molecular weight is 515 g/mol. The molecular formula is C22H23F2N9O4. The first-order chi connectivity index (χ1) is 17.9. The van der Waals surface area contributed by atoms with Crippen molar-refractivity contribution in [3.05, 3.63) is 42.2 Å². The molecule has 37 heavy (non-hydrogen) atoms. The molecule has 15 heteroatoms. The number of ether oxygens (including phenoxy) is 1. The Labute approximate surface area is 208 Å². The van der Waals surface area contributed by atoms with Crippen molar-refractivity contribution in [3.8, 4) is 17.3 Å². The van der Waals surface area contributed by atoms with Crippen LogP contribution < -0.4 is 20.7 Å². The molecule has 1 saturated heterocycles. The van der Waals surface area contributed by atoms with Crippen molar-refractivity contribution in [2.75, 3.05) is 61.8 Å². The second kappa shape index (κ2) is 10.2. The fraction of sp³-hybridized carbons (Fsp3) is 0.318. The first kappa shape index (κ1) is 24.2. The quantitative estimate of drug-likeness (QED) is 0.294. The number of hydrogen-bond donors (Lipinski definition) is 3. The van der Waals surface area contributed by atoms with E-state index >= 15 is 0 Å². The Balaban J connectivity index is 1.15. The lowest BCUT2D eigenvalue weighted by Gasteiger charge is -2.36. The van der Waals surface area contributed by atoms with E-state index < -0.39 is 24.2 Å². The van der Waals surface area contributed by atoms with Crippen molar-refractivity contribution in [2.45, 2.75) is 0 Å². The topological polar surface area (TPSA) is 160 Å². The van der Waals surface area contributed by atoms with Crippen LogP contribution in [0.15, 0.2) is 34.9 Å². The lowest BCUT2D eigenvalue weighted by atomic mass is 10.2. The minimum Gasteiger partial charge on any atom is -0.479 e. The van der Waals surface area contributed by atoms with Crippen molar-refractivity contribution >= 4 is 29.3 Å². The number of carboxylic acids is 1. The van der Waals surface area contributed by atoms with E-state index in [9.17, 15) is 13.6 Å². The number of benzene rings is 1. The van der Waals surface area contributed by atoms with E-state index in [1.165, 1.54) is 16.8 Å². The number of nitrogens with one attached hydrogen (secondary N) is 1. The van der Waals surface area contributed by atoms with Gasteiger partial charge in [0.25, 0.3) is 5.78 Å². The molecule has 0 bridgehead atoms. The molecule has 0 unspecified atom stereocenters. The highest BCUT2D eigenvalue weighted by atomic mass is 19.1. The van der Waals surface area contributed by atoms with E-state index in [1.54, 1.807) is 17.0 Å². The van der Waals surface area contributed by atoms with Crippen LogP contribution in [0.1, 0.15) is 0 Å². The molecule has 0 aliphatic carbocycles. The van der Waals surface area contributed by atoms with Gasteiger partial charge in [0, 0.05) is 51.4 Å². The Morgan fingerprint density at radius 1 is 1.16 bits per heavy atom. The van der Waals surface area contributed by atoms with Crippen LogP contribution in [-0.4, -0.2) is 86.4 Å². The van der Waals surface area contributed by atoms with Crippen LogP contribution in [0.3, 0.4) is 0 Å². The fourth-order valence-electron chi connectivity index (χ4n) is 3.94. The second-order valence-electron chi connectivity index (χ2n) is 8.20. The van der Waals surface area contributed by atoms with Gasteiger partial charge < -0.3 is 30.2 Å². The largest absolute Gasteiger partial charge is 0.479 e. The van der Waals surface area contributed by atoms with Crippen LogP contribution in [0.5, 0.6) is 5.75 Å². The molecular weight excluding hydrogens is 492 g/mol. The monoisotopic (exact) mass is 515 g/mol. The molecule has 4 N–H and O–H groups in total. The lowest BCUT2D eigenvalue weighted by Crippen LogP contribution is -2.48. The van der Waals surface area contributed by atoms with Crippen LogP contribution in [0.4, 0.5) is 26.4 Å². The number of carbonyl (C=O) groups is 1. The van der Waals surface area contributed by atoms with E-state index in [0.29, 0.717) is 62.9 Å². The Morgan fingerprint density at radius 3 is 2.70 bits per heavy atom. The lowest BCUT2D eigenvalue weighted by molar-refractivity contribution is -0.139. The predicted molar refractivity (Wildman–Crippen MR) is 127 cm³/mol. The highest BCUT2D eigenvalue weighted by Crippen LogP contribution is 2.29. The number of furan rings is 1. The molecule has 0 spiro atoms. The molecule has 1 aromatic carbocycles. The van der Waals surface area contributed by atoms with Crippen LogP contribution >= 0.6 is 0 Å². The molecule has 194 valence electrons. The average Bonchev–Trinajstić information content (AvgIpc) is 3.54. The summed E-state index contributed by atoms with van der Waals surface area (Å²) in [4.78, 5) is 27.5. The second-order valence-corrected chi connectivity index (χ2v) is 8.20. The van der Waals surface area contributed by atoms with Gasteiger partial charge in [-0.25, -0.2) is 13.6 Å². The number of nitrogen functional groups attached to an aromatic ring is 1. The van der Waals surface area contributed by atoms with Gasteiger partial charge in [-0.05, 0) is 12.1 Å². The molecule has 4 heterocycles. The molecule has 0 saturated carbocycles. The third kappa shape index (κ3) is 5.35. The SMILES string of the molecule is Nc1nc(NCCN2CCN(c3cc(OCC(=O)O)c(F)cc3F)CC2)nc2nc(-c3ccco3)nn12. The highest BCUT2D eigenvalue weighted by Gasteiger charge is 2.22. The summed E-state index contributed by atoms with van der Waals surface area (Å²) in [5.74, 6) is -1.68. The van der Waals surface area contributed by atoms with E-state index in [-0.39, 0.29) is 23.2 Å². The molecule has 3 aromatic heterocycles. The summed E-state index contributed by atoms with van der Waals surface area (Å²) in [7, 11) is 0. The number of nitrogens with two attached hydrogens (primary N) is 1. The standard InChI is InChI=1S/C22H23F2N9O4/c23-13-10-14(24)17(37-12-18(34)35)11-15(13)32-7-5-31(6-8-32)4-3-26-21-28-20(25)33-22(29-21)27-19(30-33)16-2-1-9-36-16/h1-2,9-11H,3-8,12H2,(H,34,35)(H3,25,26,27,28,29,30). The van der Waals surface area contributed by atoms with Gasteiger partial charge in [-0.1, -0.05) is 0 Å². The first-order valence-corrected chi connectivity index (χ1v) is 11.4. The zero-order chi connectivity index (χ0) is 25.9. The summed E-state index contributed by atoms with van der Waals surface area (Å²) >= 11 is 0. The number of piperazine rings is 1. The van der Waals surface area contributed by atoms with Gasteiger partial charge in [-0.15, -0.1) is 5.10 Å².